The van der Waals surface area contributed by atoms with Crippen molar-refractivity contribution < 1.29 is 22.0 Å². The number of benzene rings is 2. The van der Waals surface area contributed by atoms with Crippen LogP contribution in [0.1, 0.15) is 40.1 Å². The lowest BCUT2D eigenvalue weighted by Crippen LogP contribution is -2.36. The van der Waals surface area contributed by atoms with Gasteiger partial charge in [-0.15, -0.1) is 11.3 Å². The molecule has 2 heterocycles. The molecule has 32 heavy (non-hydrogen) atoms. The van der Waals surface area contributed by atoms with Gasteiger partial charge in [-0.05, 0) is 48.7 Å². The zero-order chi connectivity index (χ0) is 22.7. The van der Waals surface area contributed by atoms with E-state index < -0.39 is 26.6 Å². The molecule has 0 saturated carbocycles. The van der Waals surface area contributed by atoms with E-state index in [-0.39, 0.29) is 11.4 Å². The smallest absolute Gasteiger partial charge is 0.257 e. The summed E-state index contributed by atoms with van der Waals surface area (Å²) in [5, 5.41) is 2.96. The fourth-order valence-electron chi connectivity index (χ4n) is 3.51. The molecule has 10 heteroatoms. The molecule has 0 unspecified atom stereocenters. The van der Waals surface area contributed by atoms with Crippen molar-refractivity contribution in [3.05, 3.63) is 76.3 Å². The number of sulfonamides is 1. The third-order valence-electron chi connectivity index (χ3n) is 5.19. The number of nitrogens with zero attached hydrogens (tertiary/aromatic N) is 2. The number of carbonyl (C=O) groups excluding carboxylic acids is 1. The first-order valence-electron chi connectivity index (χ1n) is 10.1. The van der Waals surface area contributed by atoms with Crippen LogP contribution in [0.25, 0.3) is 0 Å². The number of rotatable bonds is 6. The second-order valence-electron chi connectivity index (χ2n) is 7.50. The van der Waals surface area contributed by atoms with E-state index in [1.165, 1.54) is 33.8 Å². The number of hydrogen-bond acceptors (Lipinski definition) is 5. The number of piperidine rings is 1. The van der Waals surface area contributed by atoms with E-state index in [1.54, 1.807) is 18.3 Å². The van der Waals surface area contributed by atoms with Crippen LogP contribution >= 0.6 is 11.3 Å². The maximum Gasteiger partial charge on any atom is 0.257 e. The maximum atomic E-state index is 14.4. The standard InChI is InChI=1S/C22H21F2N3O3S2/c23-17-7-4-15(5-8-17)12-18-14-25-22(31-18)26-21(28)16-6-9-19(24)20(13-16)32(29,30)27-10-2-1-3-11-27/h4-9,13-14H,1-3,10-12H2,(H,25,26,28). The number of aromatic nitrogens is 1. The van der Waals surface area contributed by atoms with E-state index >= 15 is 0 Å². The molecule has 0 radical (unpaired) electrons. The van der Waals surface area contributed by atoms with Crippen LogP contribution in [0.3, 0.4) is 0 Å². The fourth-order valence-corrected chi connectivity index (χ4v) is 5.96. The van der Waals surface area contributed by atoms with E-state index in [4.69, 9.17) is 0 Å². The Bertz CT molecular complexity index is 1220. The third kappa shape index (κ3) is 5.03. The predicted octanol–water partition coefficient (Wildman–Crippen LogP) is 4.44. The summed E-state index contributed by atoms with van der Waals surface area (Å²) >= 11 is 1.25. The highest BCUT2D eigenvalue weighted by Crippen LogP contribution is 2.25. The van der Waals surface area contributed by atoms with E-state index in [2.05, 4.69) is 10.3 Å². The normalized spacial score (nSPS) is 14.9. The van der Waals surface area contributed by atoms with Crippen molar-refractivity contribution in [1.29, 1.82) is 0 Å². The number of thiazole rings is 1. The predicted molar refractivity (Wildman–Crippen MR) is 118 cm³/mol. The highest BCUT2D eigenvalue weighted by atomic mass is 32.2. The number of nitrogens with one attached hydrogen (secondary N) is 1. The minimum Gasteiger partial charge on any atom is -0.298 e. The van der Waals surface area contributed by atoms with Crippen molar-refractivity contribution in [1.82, 2.24) is 9.29 Å². The summed E-state index contributed by atoms with van der Waals surface area (Å²) < 4.78 is 54.4. The van der Waals surface area contributed by atoms with Gasteiger partial charge in [-0.2, -0.15) is 4.31 Å². The van der Waals surface area contributed by atoms with Gasteiger partial charge >= 0.3 is 0 Å². The largest absolute Gasteiger partial charge is 0.298 e. The van der Waals surface area contributed by atoms with E-state index in [1.807, 2.05) is 0 Å². The Morgan fingerprint density at radius 2 is 1.78 bits per heavy atom. The van der Waals surface area contributed by atoms with Gasteiger partial charge < -0.3 is 0 Å². The molecule has 1 N–H and O–H groups in total. The number of halogens is 2. The summed E-state index contributed by atoms with van der Waals surface area (Å²) in [5.41, 5.74) is 0.927. The molecule has 1 amide bonds. The van der Waals surface area contributed by atoms with Crippen molar-refractivity contribution in [2.75, 3.05) is 18.4 Å². The van der Waals surface area contributed by atoms with Gasteiger partial charge in [-0.3, -0.25) is 10.1 Å². The molecule has 1 aromatic heterocycles. The van der Waals surface area contributed by atoms with Gasteiger partial charge in [0.05, 0.1) is 0 Å². The number of anilines is 1. The summed E-state index contributed by atoms with van der Waals surface area (Å²) in [6, 6.07) is 9.42. The molecule has 0 bridgehead atoms. The Kier molecular flexibility index (Phi) is 6.63. The van der Waals surface area contributed by atoms with Crippen LogP contribution in [-0.2, 0) is 16.4 Å². The summed E-state index contributed by atoms with van der Waals surface area (Å²) in [6.45, 7) is 0.683. The van der Waals surface area contributed by atoms with E-state index in [9.17, 15) is 22.0 Å². The Morgan fingerprint density at radius 1 is 1.06 bits per heavy atom. The molecule has 1 fully saturated rings. The molecule has 0 aliphatic carbocycles. The molecule has 0 atom stereocenters. The second kappa shape index (κ2) is 9.43. The average Bonchev–Trinajstić information content (AvgIpc) is 3.22. The van der Waals surface area contributed by atoms with Gasteiger partial charge in [0.1, 0.15) is 16.5 Å². The van der Waals surface area contributed by atoms with Crippen LogP contribution in [0.15, 0.2) is 53.6 Å². The summed E-state index contributed by atoms with van der Waals surface area (Å²) in [7, 11) is -4.02. The highest BCUT2D eigenvalue weighted by molar-refractivity contribution is 7.89. The van der Waals surface area contributed by atoms with Crippen LogP contribution < -0.4 is 5.32 Å². The summed E-state index contributed by atoms with van der Waals surface area (Å²) in [4.78, 5) is 17.2. The van der Waals surface area contributed by atoms with Crippen molar-refractivity contribution in [2.45, 2.75) is 30.6 Å². The molecule has 0 spiro atoms. The van der Waals surface area contributed by atoms with Gasteiger partial charge in [-0.1, -0.05) is 18.6 Å². The lowest BCUT2D eigenvalue weighted by atomic mass is 10.1. The summed E-state index contributed by atoms with van der Waals surface area (Å²) in [5.74, 6) is -1.78. The molecule has 168 valence electrons. The number of hydrogen-bond donors (Lipinski definition) is 1. The SMILES string of the molecule is O=C(Nc1ncc(Cc2ccc(F)cc2)s1)c1ccc(F)c(S(=O)(=O)N2CCCCC2)c1. The minimum absolute atomic E-state index is 0.0252. The Hall–Kier alpha value is -2.69. The molecular formula is C22H21F2N3O3S2. The first kappa shape index (κ1) is 22.5. The molecule has 1 aliphatic rings. The highest BCUT2D eigenvalue weighted by Gasteiger charge is 2.29. The van der Waals surface area contributed by atoms with Gasteiger partial charge in [0.15, 0.2) is 5.13 Å². The first-order valence-corrected chi connectivity index (χ1v) is 12.4. The Labute approximate surface area is 189 Å². The molecule has 4 rings (SSSR count). The van der Waals surface area contributed by atoms with Crippen molar-refractivity contribution in [2.24, 2.45) is 0 Å². The fraction of sp³-hybridized carbons (Fsp3) is 0.273. The Morgan fingerprint density at radius 3 is 2.50 bits per heavy atom. The monoisotopic (exact) mass is 477 g/mol. The lowest BCUT2D eigenvalue weighted by molar-refractivity contribution is 0.102. The molecule has 3 aromatic rings. The van der Waals surface area contributed by atoms with Crippen LogP contribution in [-0.4, -0.2) is 36.7 Å². The van der Waals surface area contributed by atoms with Crippen LogP contribution in [0.2, 0.25) is 0 Å². The van der Waals surface area contributed by atoms with Crippen molar-refractivity contribution in [3.63, 3.8) is 0 Å². The molecule has 1 saturated heterocycles. The van der Waals surface area contributed by atoms with Crippen LogP contribution in [0, 0.1) is 11.6 Å². The Balaban J connectivity index is 1.49. The quantitative estimate of drug-likeness (QED) is 0.569. The number of amides is 1. The van der Waals surface area contributed by atoms with E-state index in [0.29, 0.717) is 24.6 Å². The summed E-state index contributed by atoms with van der Waals surface area (Å²) in [6.07, 6.45) is 4.54. The second-order valence-corrected chi connectivity index (χ2v) is 10.5. The number of carbonyl (C=O) groups is 1. The van der Waals surface area contributed by atoms with Gasteiger partial charge in [0.25, 0.3) is 5.91 Å². The molecule has 2 aromatic carbocycles. The maximum absolute atomic E-state index is 14.4. The van der Waals surface area contributed by atoms with Gasteiger partial charge in [-0.25, -0.2) is 22.2 Å². The molecule has 6 nitrogen and oxygen atoms in total. The topological polar surface area (TPSA) is 79.4 Å². The minimum atomic E-state index is -4.02. The van der Waals surface area contributed by atoms with Crippen molar-refractivity contribution >= 4 is 32.4 Å². The first-order chi connectivity index (χ1) is 15.3. The lowest BCUT2D eigenvalue weighted by Gasteiger charge is -2.26. The third-order valence-corrected chi connectivity index (χ3v) is 8.02. The zero-order valence-electron chi connectivity index (χ0n) is 17.1. The molecule has 1 aliphatic heterocycles. The molecular weight excluding hydrogens is 456 g/mol. The zero-order valence-corrected chi connectivity index (χ0v) is 18.7. The average molecular weight is 478 g/mol. The van der Waals surface area contributed by atoms with Crippen LogP contribution in [0.5, 0.6) is 0 Å². The van der Waals surface area contributed by atoms with Gasteiger partial charge in [0.2, 0.25) is 10.0 Å². The van der Waals surface area contributed by atoms with E-state index in [0.717, 1.165) is 41.8 Å². The van der Waals surface area contributed by atoms with Crippen LogP contribution in [0.4, 0.5) is 13.9 Å². The van der Waals surface area contributed by atoms with Gasteiger partial charge in [0, 0.05) is 36.1 Å². The van der Waals surface area contributed by atoms with Crippen molar-refractivity contribution in [3.8, 4) is 0 Å².